The van der Waals surface area contributed by atoms with Gasteiger partial charge < -0.3 is 4.90 Å². The molecule has 1 aromatic rings. The highest BCUT2D eigenvalue weighted by molar-refractivity contribution is 7.92. The Morgan fingerprint density at radius 2 is 1.75 bits per heavy atom. The van der Waals surface area contributed by atoms with Crippen LogP contribution in [0.2, 0.25) is 0 Å². The molecular weight excluding hydrogens is 324 g/mol. The van der Waals surface area contributed by atoms with Crippen LogP contribution < -0.4 is 4.31 Å². The summed E-state index contributed by atoms with van der Waals surface area (Å²) >= 11 is 0. The second kappa shape index (κ2) is 7.13. The van der Waals surface area contributed by atoms with Crippen molar-refractivity contribution in [1.82, 2.24) is 4.90 Å². The van der Waals surface area contributed by atoms with Crippen molar-refractivity contribution >= 4 is 21.6 Å². The number of nitrogens with zero attached hydrogens (tertiary/aromatic N) is 2. The number of rotatable bonds is 5. The van der Waals surface area contributed by atoms with Gasteiger partial charge in [-0.15, -0.1) is 0 Å². The molecule has 1 aliphatic carbocycles. The van der Waals surface area contributed by atoms with Gasteiger partial charge in [-0.1, -0.05) is 18.9 Å². The van der Waals surface area contributed by atoms with E-state index in [4.69, 9.17) is 0 Å². The fourth-order valence-corrected chi connectivity index (χ4v) is 4.59. The summed E-state index contributed by atoms with van der Waals surface area (Å²) in [6, 6.07) is 4.95. The van der Waals surface area contributed by atoms with Crippen LogP contribution in [0.3, 0.4) is 0 Å². The van der Waals surface area contributed by atoms with Crippen molar-refractivity contribution in [3.05, 3.63) is 29.3 Å². The van der Waals surface area contributed by atoms with Gasteiger partial charge in [0.1, 0.15) is 6.04 Å². The molecular formula is C18H28N2O3S. The number of hydrogen-bond donors (Lipinski definition) is 0. The number of likely N-dealkylation sites (N-methyl/N-ethyl adjacent to an activating group) is 1. The van der Waals surface area contributed by atoms with Crippen LogP contribution in [0.5, 0.6) is 0 Å². The van der Waals surface area contributed by atoms with Gasteiger partial charge in [0.05, 0.1) is 11.9 Å². The molecule has 0 aromatic heterocycles. The molecule has 0 radical (unpaired) electrons. The molecule has 1 fully saturated rings. The molecule has 2 rings (SSSR count). The Kier molecular flexibility index (Phi) is 5.58. The van der Waals surface area contributed by atoms with Crippen LogP contribution >= 0.6 is 0 Å². The number of amides is 1. The van der Waals surface area contributed by atoms with Crippen molar-refractivity contribution in [3.63, 3.8) is 0 Å². The fraction of sp³-hybridized carbons (Fsp3) is 0.611. The smallest absolute Gasteiger partial charge is 0.246 e. The summed E-state index contributed by atoms with van der Waals surface area (Å²) < 4.78 is 26.0. The zero-order chi connectivity index (χ0) is 18.1. The Bertz CT molecular complexity index is 709. The van der Waals surface area contributed by atoms with Crippen LogP contribution in [-0.4, -0.2) is 44.6 Å². The summed E-state index contributed by atoms with van der Waals surface area (Å²) in [7, 11) is -1.78. The first-order valence-corrected chi connectivity index (χ1v) is 10.3. The number of benzene rings is 1. The van der Waals surface area contributed by atoms with Crippen LogP contribution in [0.1, 0.15) is 43.7 Å². The molecule has 0 aliphatic heterocycles. The van der Waals surface area contributed by atoms with Crippen molar-refractivity contribution < 1.29 is 13.2 Å². The second-order valence-corrected chi connectivity index (χ2v) is 8.75. The molecule has 0 bridgehead atoms. The molecule has 0 saturated heterocycles. The Morgan fingerprint density at radius 3 is 2.25 bits per heavy atom. The summed E-state index contributed by atoms with van der Waals surface area (Å²) in [5, 5.41) is 0. The standard InChI is InChI=1S/C18H28N2O3S/c1-13-10-11-17(12-14(13)2)20(24(5,22)23)15(3)18(21)19(4)16-8-6-7-9-16/h10-12,15-16H,6-9H2,1-5H3. The lowest BCUT2D eigenvalue weighted by Gasteiger charge is -2.33. The number of carbonyl (C=O) groups excluding carboxylic acids is 1. The average Bonchev–Trinajstić information content (AvgIpc) is 3.02. The highest BCUT2D eigenvalue weighted by atomic mass is 32.2. The van der Waals surface area contributed by atoms with Gasteiger partial charge in [0.2, 0.25) is 15.9 Å². The summed E-state index contributed by atoms with van der Waals surface area (Å²) in [5.41, 5.74) is 2.64. The number of anilines is 1. The minimum Gasteiger partial charge on any atom is -0.341 e. The maximum Gasteiger partial charge on any atom is 0.246 e. The quantitative estimate of drug-likeness (QED) is 0.819. The molecule has 0 spiro atoms. The van der Waals surface area contributed by atoms with E-state index in [0.29, 0.717) is 5.69 Å². The Labute approximate surface area is 145 Å². The third-order valence-electron chi connectivity index (χ3n) is 5.03. The van der Waals surface area contributed by atoms with E-state index in [1.807, 2.05) is 26.0 Å². The molecule has 1 atom stereocenters. The minimum atomic E-state index is -3.56. The normalized spacial score (nSPS) is 16.9. The lowest BCUT2D eigenvalue weighted by Crippen LogP contribution is -2.50. The first kappa shape index (κ1) is 18.8. The fourth-order valence-electron chi connectivity index (χ4n) is 3.43. The van der Waals surface area contributed by atoms with E-state index in [-0.39, 0.29) is 11.9 Å². The van der Waals surface area contributed by atoms with E-state index in [1.165, 1.54) is 4.31 Å². The van der Waals surface area contributed by atoms with E-state index < -0.39 is 16.1 Å². The molecule has 6 heteroatoms. The molecule has 1 aromatic carbocycles. The molecule has 5 nitrogen and oxygen atoms in total. The van der Waals surface area contributed by atoms with Gasteiger partial charge in [-0.25, -0.2) is 8.42 Å². The SMILES string of the molecule is Cc1ccc(N(C(C)C(=O)N(C)C2CCCC2)S(C)(=O)=O)cc1C. The summed E-state index contributed by atoms with van der Waals surface area (Å²) in [6.45, 7) is 5.59. The third kappa shape index (κ3) is 3.91. The van der Waals surface area contributed by atoms with Crippen molar-refractivity contribution in [2.24, 2.45) is 0 Å². The van der Waals surface area contributed by atoms with Gasteiger partial charge in [0.25, 0.3) is 0 Å². The first-order valence-electron chi connectivity index (χ1n) is 8.46. The third-order valence-corrected chi connectivity index (χ3v) is 6.27. The highest BCUT2D eigenvalue weighted by Gasteiger charge is 2.34. The van der Waals surface area contributed by atoms with Crippen LogP contribution in [0.15, 0.2) is 18.2 Å². The van der Waals surface area contributed by atoms with E-state index in [0.717, 1.165) is 43.1 Å². The molecule has 134 valence electrons. The van der Waals surface area contributed by atoms with Gasteiger partial charge in [-0.3, -0.25) is 9.10 Å². The van der Waals surface area contributed by atoms with Crippen LogP contribution in [0.4, 0.5) is 5.69 Å². The molecule has 1 aliphatic rings. The van der Waals surface area contributed by atoms with E-state index in [2.05, 4.69) is 0 Å². The van der Waals surface area contributed by atoms with E-state index in [9.17, 15) is 13.2 Å². The molecule has 0 heterocycles. The van der Waals surface area contributed by atoms with Crippen molar-refractivity contribution in [2.45, 2.75) is 58.5 Å². The largest absolute Gasteiger partial charge is 0.341 e. The predicted molar refractivity (Wildman–Crippen MR) is 97.7 cm³/mol. The number of hydrogen-bond acceptors (Lipinski definition) is 3. The topological polar surface area (TPSA) is 57.7 Å². The Hall–Kier alpha value is -1.56. The highest BCUT2D eigenvalue weighted by Crippen LogP contribution is 2.27. The second-order valence-electron chi connectivity index (χ2n) is 6.89. The van der Waals surface area contributed by atoms with Crippen LogP contribution in [-0.2, 0) is 14.8 Å². The maximum absolute atomic E-state index is 12.9. The lowest BCUT2D eigenvalue weighted by molar-refractivity contribution is -0.132. The van der Waals surface area contributed by atoms with Crippen molar-refractivity contribution in [2.75, 3.05) is 17.6 Å². The van der Waals surface area contributed by atoms with E-state index >= 15 is 0 Å². The zero-order valence-electron chi connectivity index (χ0n) is 15.2. The van der Waals surface area contributed by atoms with Gasteiger partial charge in [-0.05, 0) is 56.9 Å². The summed E-state index contributed by atoms with van der Waals surface area (Å²) in [5.74, 6) is -0.148. The number of carbonyl (C=O) groups is 1. The predicted octanol–water partition coefficient (Wildman–Crippen LogP) is 2.86. The van der Waals surface area contributed by atoms with Crippen molar-refractivity contribution in [3.8, 4) is 0 Å². The Morgan fingerprint density at radius 1 is 1.17 bits per heavy atom. The van der Waals surface area contributed by atoms with Gasteiger partial charge >= 0.3 is 0 Å². The number of sulfonamides is 1. The Balaban J connectivity index is 2.33. The molecule has 1 amide bonds. The van der Waals surface area contributed by atoms with Gasteiger partial charge in [0.15, 0.2) is 0 Å². The summed E-state index contributed by atoms with van der Waals surface area (Å²) in [6.07, 6.45) is 5.41. The number of aryl methyl sites for hydroxylation is 2. The van der Waals surface area contributed by atoms with Gasteiger partial charge in [-0.2, -0.15) is 0 Å². The monoisotopic (exact) mass is 352 g/mol. The van der Waals surface area contributed by atoms with Crippen LogP contribution in [0.25, 0.3) is 0 Å². The van der Waals surface area contributed by atoms with Crippen molar-refractivity contribution in [1.29, 1.82) is 0 Å². The molecule has 0 N–H and O–H groups in total. The summed E-state index contributed by atoms with van der Waals surface area (Å²) in [4.78, 5) is 14.6. The average molecular weight is 353 g/mol. The van der Waals surface area contributed by atoms with E-state index in [1.54, 1.807) is 24.9 Å². The maximum atomic E-state index is 12.9. The van der Waals surface area contributed by atoms with Gasteiger partial charge in [0, 0.05) is 13.1 Å². The molecule has 1 unspecified atom stereocenters. The first-order chi connectivity index (χ1) is 11.1. The van der Waals surface area contributed by atoms with Crippen LogP contribution in [0, 0.1) is 13.8 Å². The minimum absolute atomic E-state index is 0.148. The molecule has 24 heavy (non-hydrogen) atoms. The molecule has 1 saturated carbocycles. The lowest BCUT2D eigenvalue weighted by atomic mass is 10.1. The zero-order valence-corrected chi connectivity index (χ0v) is 16.1.